The van der Waals surface area contributed by atoms with Gasteiger partial charge in [0, 0.05) is 22.8 Å². The van der Waals surface area contributed by atoms with Crippen molar-refractivity contribution in [3.63, 3.8) is 0 Å². The first-order chi connectivity index (χ1) is 13.0. The number of nitrogens with one attached hydrogen (secondary N) is 1. The highest BCUT2D eigenvalue weighted by Gasteiger charge is 2.20. The number of hydrogen-bond acceptors (Lipinski definition) is 2. The Balaban J connectivity index is 2.09. The van der Waals surface area contributed by atoms with E-state index in [1.807, 2.05) is 44.2 Å². The highest BCUT2D eigenvalue weighted by molar-refractivity contribution is 7.81. The van der Waals surface area contributed by atoms with Crippen molar-refractivity contribution in [1.29, 1.82) is 0 Å². The fraction of sp³-hybridized carbons (Fsp3) is 0.0909. The van der Waals surface area contributed by atoms with E-state index in [9.17, 15) is 5.11 Å². The quantitative estimate of drug-likeness (QED) is 0.309. The summed E-state index contributed by atoms with van der Waals surface area (Å²) in [6.45, 7) is 4.04. The summed E-state index contributed by atoms with van der Waals surface area (Å²) in [4.78, 5) is 0.336. The number of anilines is 1. The van der Waals surface area contributed by atoms with Crippen LogP contribution < -0.4 is 15.0 Å². The molecule has 0 saturated carbocycles. The van der Waals surface area contributed by atoms with E-state index in [0.29, 0.717) is 21.3 Å². The molecule has 27 heavy (non-hydrogen) atoms. The molecule has 0 aliphatic rings. The van der Waals surface area contributed by atoms with Gasteiger partial charge in [0.25, 0.3) is 0 Å². The fourth-order valence-corrected chi connectivity index (χ4v) is 3.32. The zero-order valence-electron chi connectivity index (χ0n) is 15.1. The molecule has 3 aromatic rings. The predicted octanol–water partition coefficient (Wildman–Crippen LogP) is 4.37. The summed E-state index contributed by atoms with van der Waals surface area (Å²) >= 11 is 11.9. The number of halogens is 1. The minimum absolute atomic E-state index is 0.237. The van der Waals surface area contributed by atoms with Crippen molar-refractivity contribution in [3.05, 3.63) is 94.8 Å². The van der Waals surface area contributed by atoms with Crippen LogP contribution in [0.1, 0.15) is 16.7 Å². The first kappa shape index (κ1) is 19.1. The Morgan fingerprint density at radius 2 is 1.70 bits per heavy atom. The minimum Gasteiger partial charge on any atom is -0.867 e. The Labute approximate surface area is 169 Å². The molecule has 0 amide bonds. The molecule has 0 spiro atoms. The molecule has 5 heteroatoms. The number of nitrogens with zero attached hydrogens (tertiary/aromatic N) is 1. The molecule has 0 aliphatic heterocycles. The predicted molar refractivity (Wildman–Crippen MR) is 113 cm³/mol. The van der Waals surface area contributed by atoms with Gasteiger partial charge in [0.1, 0.15) is 0 Å². The number of hydrogen-bond donors (Lipinski definition) is 1. The summed E-state index contributed by atoms with van der Waals surface area (Å²) in [5.41, 5.74) is 3.85. The third kappa shape index (κ3) is 4.35. The average molecular weight is 395 g/mol. The largest absolute Gasteiger partial charge is 0.867 e. The summed E-state index contributed by atoms with van der Waals surface area (Å²) in [5, 5.41) is 16.9. The maximum Gasteiger partial charge on any atom is 0.238 e. The van der Waals surface area contributed by atoms with Gasteiger partial charge in [-0.2, -0.15) is 4.57 Å². The monoisotopic (exact) mass is 394 g/mol. The first-order valence-electron chi connectivity index (χ1n) is 8.49. The molecular weight excluding hydrogens is 376 g/mol. The van der Waals surface area contributed by atoms with E-state index in [2.05, 4.69) is 11.4 Å². The highest BCUT2D eigenvalue weighted by atomic mass is 35.5. The number of pyridine rings is 1. The number of aromatic nitrogens is 1. The van der Waals surface area contributed by atoms with Crippen LogP contribution >= 0.6 is 23.8 Å². The molecule has 0 fully saturated rings. The van der Waals surface area contributed by atoms with Crippen LogP contribution in [0.15, 0.2) is 73.1 Å². The third-order valence-corrected chi connectivity index (χ3v) is 4.78. The van der Waals surface area contributed by atoms with E-state index in [0.717, 1.165) is 16.8 Å². The molecule has 1 aromatic heterocycles. The van der Waals surface area contributed by atoms with E-state index in [1.165, 1.54) is 0 Å². The van der Waals surface area contributed by atoms with Crippen molar-refractivity contribution in [2.24, 2.45) is 0 Å². The Hall–Kier alpha value is -2.69. The Morgan fingerprint density at radius 3 is 2.37 bits per heavy atom. The lowest BCUT2D eigenvalue weighted by Gasteiger charge is -2.18. The van der Waals surface area contributed by atoms with Crippen molar-refractivity contribution in [1.82, 2.24) is 0 Å². The molecule has 0 aliphatic carbocycles. The van der Waals surface area contributed by atoms with Crippen LogP contribution in [0.25, 0.3) is 11.5 Å². The van der Waals surface area contributed by atoms with Gasteiger partial charge in [-0.05, 0) is 42.9 Å². The van der Waals surface area contributed by atoms with Gasteiger partial charge in [-0.1, -0.05) is 65.8 Å². The Kier molecular flexibility index (Phi) is 5.89. The van der Waals surface area contributed by atoms with Crippen molar-refractivity contribution < 1.29 is 9.67 Å². The van der Waals surface area contributed by atoms with Gasteiger partial charge in [-0.3, -0.25) is 0 Å². The zero-order valence-corrected chi connectivity index (χ0v) is 16.6. The topological polar surface area (TPSA) is 39.0 Å². The smallest absolute Gasteiger partial charge is 0.238 e. The molecule has 0 atom stereocenters. The van der Waals surface area contributed by atoms with Gasteiger partial charge in [-0.25, -0.2) is 0 Å². The summed E-state index contributed by atoms with van der Waals surface area (Å²) < 4.78 is 1.71. The third-order valence-electron chi connectivity index (χ3n) is 4.15. The average Bonchev–Trinajstić information content (AvgIpc) is 2.65. The molecule has 2 aromatic carbocycles. The molecule has 3 rings (SSSR count). The van der Waals surface area contributed by atoms with E-state index in [1.54, 1.807) is 41.2 Å². The molecule has 0 saturated heterocycles. The van der Waals surface area contributed by atoms with E-state index in [4.69, 9.17) is 23.8 Å². The van der Waals surface area contributed by atoms with Gasteiger partial charge >= 0.3 is 0 Å². The second-order valence-electron chi connectivity index (χ2n) is 6.21. The summed E-state index contributed by atoms with van der Waals surface area (Å²) in [6, 6.07) is 18.6. The van der Waals surface area contributed by atoms with Gasteiger partial charge in [0.15, 0.2) is 17.4 Å². The Morgan fingerprint density at radius 1 is 1.00 bits per heavy atom. The molecule has 1 N–H and O–H groups in total. The van der Waals surface area contributed by atoms with Gasteiger partial charge in [0.05, 0.1) is 0 Å². The van der Waals surface area contributed by atoms with Gasteiger partial charge in [-0.15, -0.1) is 0 Å². The normalized spacial score (nSPS) is 11.7. The highest BCUT2D eigenvalue weighted by Crippen LogP contribution is 2.24. The molecule has 0 bridgehead atoms. The SMILES string of the molecule is Cc1ccc(NC(=S)C(=C([O-])c2ccccc2Cl)[n+]2ccccc2)c(C)c1. The lowest BCUT2D eigenvalue weighted by atomic mass is 10.1. The standard InChI is InChI=1S/C22H19ClN2OS/c1-15-10-11-19(16(2)14-15)24-22(27)20(25-12-6-3-7-13-25)21(26)17-8-4-5-9-18(17)23/h3-14H,1-2H3,(H-,24,26,27). The van der Waals surface area contributed by atoms with Crippen LogP contribution in [0.2, 0.25) is 5.02 Å². The molecule has 136 valence electrons. The minimum atomic E-state index is -0.237. The summed E-state index contributed by atoms with van der Waals surface area (Å²) in [5.74, 6) is -0.237. The van der Waals surface area contributed by atoms with Crippen molar-refractivity contribution >= 4 is 46.0 Å². The van der Waals surface area contributed by atoms with Crippen LogP contribution in [-0.2, 0) is 0 Å². The van der Waals surface area contributed by atoms with Crippen LogP contribution in [0.4, 0.5) is 5.69 Å². The molecule has 1 heterocycles. The lowest BCUT2D eigenvalue weighted by Crippen LogP contribution is -2.39. The Bertz CT molecular complexity index is 1020. The first-order valence-corrected chi connectivity index (χ1v) is 9.27. The van der Waals surface area contributed by atoms with E-state index < -0.39 is 0 Å². The number of thiocarbonyl (C=S) groups is 1. The number of aryl methyl sites for hydroxylation is 2. The van der Waals surface area contributed by atoms with Crippen LogP contribution in [-0.4, -0.2) is 4.99 Å². The van der Waals surface area contributed by atoms with E-state index in [-0.39, 0.29) is 5.76 Å². The molecule has 0 unspecified atom stereocenters. The van der Waals surface area contributed by atoms with Gasteiger partial charge in [0.2, 0.25) is 5.70 Å². The maximum absolute atomic E-state index is 13.3. The van der Waals surface area contributed by atoms with Gasteiger partial charge < -0.3 is 10.4 Å². The van der Waals surface area contributed by atoms with Crippen molar-refractivity contribution in [3.8, 4) is 0 Å². The van der Waals surface area contributed by atoms with Crippen molar-refractivity contribution in [2.45, 2.75) is 13.8 Å². The second kappa shape index (κ2) is 8.33. The lowest BCUT2D eigenvalue weighted by molar-refractivity contribution is -0.577. The van der Waals surface area contributed by atoms with Crippen LogP contribution in [0, 0.1) is 13.8 Å². The second-order valence-corrected chi connectivity index (χ2v) is 7.03. The number of benzene rings is 2. The van der Waals surface area contributed by atoms with E-state index >= 15 is 0 Å². The molecular formula is C22H19ClN2OS. The molecule has 0 radical (unpaired) electrons. The fourth-order valence-electron chi connectivity index (χ4n) is 2.79. The summed E-state index contributed by atoms with van der Waals surface area (Å²) in [6.07, 6.45) is 3.58. The summed E-state index contributed by atoms with van der Waals surface area (Å²) in [7, 11) is 0. The molecule has 3 nitrogen and oxygen atoms in total. The zero-order chi connectivity index (χ0) is 19.4. The van der Waals surface area contributed by atoms with Crippen molar-refractivity contribution in [2.75, 3.05) is 5.32 Å². The number of rotatable bonds is 4. The van der Waals surface area contributed by atoms with Crippen LogP contribution in [0.5, 0.6) is 0 Å². The van der Waals surface area contributed by atoms with Crippen LogP contribution in [0.3, 0.4) is 0 Å². The maximum atomic E-state index is 13.3.